The summed E-state index contributed by atoms with van der Waals surface area (Å²) < 4.78 is 0. The normalized spacial score (nSPS) is 26.6. The first kappa shape index (κ1) is 7.74. The van der Waals surface area contributed by atoms with Crippen LogP contribution in [0.25, 0.3) is 0 Å². The van der Waals surface area contributed by atoms with E-state index < -0.39 is 0 Å². The molecule has 3 nitrogen and oxygen atoms in total. The van der Waals surface area contributed by atoms with E-state index in [0.717, 1.165) is 12.0 Å². The van der Waals surface area contributed by atoms with Gasteiger partial charge in [-0.2, -0.15) is 0 Å². The molecular formula is C11H9NO2. The number of nitrogens with zero attached hydrogens (tertiary/aromatic N) is 1. The van der Waals surface area contributed by atoms with Gasteiger partial charge in [-0.15, -0.1) is 0 Å². The molecule has 0 amide bonds. The molecule has 0 saturated carbocycles. The molecule has 0 fully saturated rings. The second-order valence-electron chi connectivity index (χ2n) is 3.83. The van der Waals surface area contributed by atoms with Crippen molar-refractivity contribution in [3.8, 4) is 0 Å². The maximum atomic E-state index is 10.8. The molecule has 3 rings (SSSR count). The summed E-state index contributed by atoms with van der Waals surface area (Å²) in [6.45, 7) is 0. The number of allylic oxidation sites excluding steroid dienone is 2. The van der Waals surface area contributed by atoms with Crippen LogP contribution in [-0.4, -0.2) is 4.92 Å². The minimum Gasteiger partial charge on any atom is -0.258 e. The largest absolute Gasteiger partial charge is 0.273 e. The molecule has 2 aliphatic carbocycles. The first-order valence-electron chi connectivity index (χ1n) is 4.73. The summed E-state index contributed by atoms with van der Waals surface area (Å²) in [6, 6.07) is 5.39. The van der Waals surface area contributed by atoms with Crippen LogP contribution in [0.4, 0.5) is 5.69 Å². The fourth-order valence-electron chi connectivity index (χ4n) is 2.59. The van der Waals surface area contributed by atoms with Crippen molar-refractivity contribution in [2.24, 2.45) is 0 Å². The van der Waals surface area contributed by atoms with Gasteiger partial charge in [0.2, 0.25) is 0 Å². The van der Waals surface area contributed by atoms with Crippen molar-refractivity contribution < 1.29 is 4.92 Å². The lowest BCUT2D eigenvalue weighted by Gasteiger charge is -2.33. The summed E-state index contributed by atoms with van der Waals surface area (Å²) in [6.07, 6.45) is 5.26. The summed E-state index contributed by atoms with van der Waals surface area (Å²) >= 11 is 0. The monoisotopic (exact) mass is 187 g/mol. The quantitative estimate of drug-likeness (QED) is 0.385. The number of fused-ring (bicyclic) bond motifs is 4. The molecule has 14 heavy (non-hydrogen) atoms. The zero-order valence-corrected chi connectivity index (χ0v) is 7.51. The molecular weight excluding hydrogens is 178 g/mol. The molecule has 1 aromatic rings. The van der Waals surface area contributed by atoms with Gasteiger partial charge in [-0.3, -0.25) is 10.1 Å². The Morgan fingerprint density at radius 2 is 2.29 bits per heavy atom. The minimum atomic E-state index is -0.277. The van der Waals surface area contributed by atoms with Gasteiger partial charge >= 0.3 is 0 Å². The third-order valence-electron chi connectivity index (χ3n) is 3.21. The minimum absolute atomic E-state index is 0.277. The van der Waals surface area contributed by atoms with Gasteiger partial charge in [0.1, 0.15) is 0 Å². The van der Waals surface area contributed by atoms with E-state index in [1.165, 1.54) is 5.56 Å². The van der Waals surface area contributed by atoms with E-state index in [9.17, 15) is 10.1 Å². The summed E-state index contributed by atoms with van der Waals surface area (Å²) in [5, 5.41) is 10.8. The fraction of sp³-hybridized carbons (Fsp3) is 0.273. The first-order valence-corrected chi connectivity index (χ1v) is 4.73. The Balaban J connectivity index is 2.19. The van der Waals surface area contributed by atoms with Gasteiger partial charge in [-0.25, -0.2) is 0 Å². The average molecular weight is 187 g/mol. The average Bonchev–Trinajstić information content (AvgIpc) is 2.56. The van der Waals surface area contributed by atoms with Crippen LogP contribution >= 0.6 is 0 Å². The SMILES string of the molecule is O=[N+]([O-])c1cccc2c1C1C=CCC21. The van der Waals surface area contributed by atoms with Crippen LogP contribution in [0.5, 0.6) is 0 Å². The molecule has 70 valence electrons. The van der Waals surface area contributed by atoms with Gasteiger partial charge in [-0.05, 0) is 17.9 Å². The Morgan fingerprint density at radius 3 is 3.07 bits per heavy atom. The number of rotatable bonds is 1. The molecule has 0 heterocycles. The molecule has 0 N–H and O–H groups in total. The predicted molar refractivity (Wildman–Crippen MR) is 52.3 cm³/mol. The van der Waals surface area contributed by atoms with Crippen molar-refractivity contribution in [3.63, 3.8) is 0 Å². The summed E-state index contributed by atoms with van der Waals surface area (Å²) in [5.74, 6) is 0.830. The smallest absolute Gasteiger partial charge is 0.258 e. The third-order valence-corrected chi connectivity index (χ3v) is 3.21. The molecule has 2 unspecified atom stereocenters. The number of nitro benzene ring substituents is 1. The van der Waals surface area contributed by atoms with Gasteiger partial charge in [0, 0.05) is 17.5 Å². The highest BCUT2D eigenvalue weighted by Crippen LogP contribution is 2.55. The molecule has 3 heteroatoms. The van der Waals surface area contributed by atoms with E-state index in [4.69, 9.17) is 0 Å². The zero-order chi connectivity index (χ0) is 9.71. The molecule has 2 aliphatic rings. The highest BCUT2D eigenvalue weighted by Gasteiger charge is 2.42. The molecule has 0 bridgehead atoms. The van der Waals surface area contributed by atoms with Crippen molar-refractivity contribution in [3.05, 3.63) is 51.6 Å². The lowest BCUT2D eigenvalue weighted by atomic mass is 9.69. The third kappa shape index (κ3) is 0.769. The molecule has 0 radical (unpaired) electrons. The highest BCUT2D eigenvalue weighted by atomic mass is 16.6. The summed E-state index contributed by atoms with van der Waals surface area (Å²) in [4.78, 5) is 10.5. The number of nitro groups is 1. The molecule has 1 aromatic carbocycles. The topological polar surface area (TPSA) is 43.1 Å². The van der Waals surface area contributed by atoms with Crippen LogP contribution in [0, 0.1) is 10.1 Å². The van der Waals surface area contributed by atoms with Crippen LogP contribution in [-0.2, 0) is 0 Å². The highest BCUT2D eigenvalue weighted by molar-refractivity contribution is 5.60. The lowest BCUT2D eigenvalue weighted by molar-refractivity contribution is -0.386. The van der Waals surface area contributed by atoms with Crippen molar-refractivity contribution in [2.75, 3.05) is 0 Å². The van der Waals surface area contributed by atoms with Gasteiger partial charge in [0.15, 0.2) is 0 Å². The summed E-state index contributed by atoms with van der Waals surface area (Å²) in [7, 11) is 0. The Hall–Kier alpha value is -1.64. The van der Waals surface area contributed by atoms with E-state index in [1.54, 1.807) is 12.1 Å². The maximum Gasteiger partial charge on any atom is 0.273 e. The lowest BCUT2D eigenvalue weighted by Crippen LogP contribution is -2.20. The van der Waals surface area contributed by atoms with Crippen molar-refractivity contribution >= 4 is 5.69 Å². The van der Waals surface area contributed by atoms with E-state index in [2.05, 4.69) is 12.2 Å². The molecule has 0 saturated heterocycles. The van der Waals surface area contributed by atoms with Crippen LogP contribution in [0.15, 0.2) is 30.4 Å². The molecule has 0 aliphatic heterocycles. The standard InChI is InChI=1S/C11H9NO2/c13-12(14)10-6-2-5-9-7-3-1-4-8(7)11(9)10/h1-2,4-8H,3H2. The van der Waals surface area contributed by atoms with E-state index in [0.29, 0.717) is 11.8 Å². The summed E-state index contributed by atoms with van der Waals surface area (Å²) in [5.41, 5.74) is 2.40. The Bertz CT molecular complexity index is 451. The van der Waals surface area contributed by atoms with Crippen LogP contribution < -0.4 is 0 Å². The van der Waals surface area contributed by atoms with Crippen molar-refractivity contribution in [2.45, 2.75) is 18.3 Å². The van der Waals surface area contributed by atoms with Crippen molar-refractivity contribution in [1.29, 1.82) is 0 Å². The van der Waals surface area contributed by atoms with Crippen LogP contribution in [0.2, 0.25) is 0 Å². The Morgan fingerprint density at radius 1 is 1.43 bits per heavy atom. The number of hydrogen-bond acceptors (Lipinski definition) is 2. The first-order chi connectivity index (χ1) is 6.79. The fourth-order valence-corrected chi connectivity index (χ4v) is 2.59. The maximum absolute atomic E-state index is 10.8. The number of hydrogen-bond donors (Lipinski definition) is 0. The second kappa shape index (κ2) is 2.44. The van der Waals surface area contributed by atoms with E-state index in [1.807, 2.05) is 6.07 Å². The van der Waals surface area contributed by atoms with Gasteiger partial charge < -0.3 is 0 Å². The van der Waals surface area contributed by atoms with E-state index in [-0.39, 0.29) is 10.6 Å². The Kier molecular flexibility index (Phi) is 1.35. The van der Waals surface area contributed by atoms with Gasteiger partial charge in [-0.1, -0.05) is 24.3 Å². The number of benzene rings is 1. The van der Waals surface area contributed by atoms with Crippen LogP contribution in [0.1, 0.15) is 29.4 Å². The molecule has 2 atom stereocenters. The zero-order valence-electron chi connectivity index (χ0n) is 7.51. The Labute approximate surface area is 81.2 Å². The van der Waals surface area contributed by atoms with Gasteiger partial charge in [0.05, 0.1) is 4.92 Å². The van der Waals surface area contributed by atoms with Gasteiger partial charge in [0.25, 0.3) is 5.69 Å². The van der Waals surface area contributed by atoms with Crippen LogP contribution in [0.3, 0.4) is 0 Å². The predicted octanol–water partition coefficient (Wildman–Crippen LogP) is 2.74. The van der Waals surface area contributed by atoms with E-state index >= 15 is 0 Å². The molecule has 0 spiro atoms. The second-order valence-corrected chi connectivity index (χ2v) is 3.83. The molecule has 0 aromatic heterocycles. The van der Waals surface area contributed by atoms with Crippen molar-refractivity contribution in [1.82, 2.24) is 0 Å².